The topological polar surface area (TPSA) is 79.2 Å². The number of methoxy groups -OCH3 is 1. The van der Waals surface area contributed by atoms with E-state index in [0.717, 1.165) is 0 Å². The smallest absolute Gasteiger partial charge is 0.186 e. The van der Waals surface area contributed by atoms with Gasteiger partial charge in [-0.25, -0.2) is 0 Å². The Balaban J connectivity index is 2.66. The lowest BCUT2D eigenvalue weighted by molar-refractivity contribution is -0.259. The van der Waals surface area contributed by atoms with Gasteiger partial charge in [0.15, 0.2) is 6.29 Å². The number of aliphatic hydroxyl groups excluding tert-OH is 3. The minimum Gasteiger partial charge on any atom is -0.394 e. The predicted molar refractivity (Wildman–Crippen MR) is 47.5 cm³/mol. The normalized spacial score (nSPS) is 46.4. The number of hydrogen-bond acceptors (Lipinski definition) is 6. The van der Waals surface area contributed by atoms with Crippen LogP contribution in [0.15, 0.2) is 0 Å². The third kappa shape index (κ3) is 2.15. The first-order valence-corrected chi connectivity index (χ1v) is 4.46. The Hall–Kier alpha value is 0.150. The van der Waals surface area contributed by atoms with E-state index in [-0.39, 0.29) is 6.61 Å². The van der Waals surface area contributed by atoms with Crippen LogP contribution in [0, 0.1) is 0 Å². The van der Waals surface area contributed by atoms with Gasteiger partial charge in [0.2, 0.25) is 0 Å². The molecule has 0 aromatic carbocycles. The molecule has 0 aromatic rings. The monoisotopic (exact) mass is 210 g/mol. The Morgan fingerprint density at radius 2 is 2.00 bits per heavy atom. The van der Waals surface area contributed by atoms with E-state index in [1.165, 1.54) is 7.11 Å². The Morgan fingerprint density at radius 1 is 1.38 bits per heavy atom. The zero-order valence-electron chi connectivity index (χ0n) is 7.20. The molecule has 0 saturated carbocycles. The lowest BCUT2D eigenvalue weighted by Crippen LogP contribution is -2.57. The van der Waals surface area contributed by atoms with Crippen LogP contribution in [0.25, 0.3) is 0 Å². The van der Waals surface area contributed by atoms with Crippen molar-refractivity contribution in [3.63, 3.8) is 0 Å². The van der Waals surface area contributed by atoms with Crippen LogP contribution in [0.5, 0.6) is 0 Å². The van der Waals surface area contributed by atoms with Crippen LogP contribution in [0.2, 0.25) is 0 Å². The Bertz CT molecular complexity index is 147. The maximum Gasteiger partial charge on any atom is 0.186 e. The van der Waals surface area contributed by atoms with E-state index in [4.69, 9.17) is 14.6 Å². The molecule has 5 nitrogen and oxygen atoms in total. The summed E-state index contributed by atoms with van der Waals surface area (Å²) in [7, 11) is 1.36. The summed E-state index contributed by atoms with van der Waals surface area (Å²) in [4.78, 5) is 0. The first-order valence-electron chi connectivity index (χ1n) is 3.95. The van der Waals surface area contributed by atoms with Crippen molar-refractivity contribution < 1.29 is 24.8 Å². The van der Waals surface area contributed by atoms with Crippen molar-refractivity contribution in [2.75, 3.05) is 13.7 Å². The van der Waals surface area contributed by atoms with E-state index in [0.29, 0.717) is 0 Å². The average Bonchev–Trinajstić information content (AvgIpc) is 2.15. The summed E-state index contributed by atoms with van der Waals surface area (Å²) in [5, 5.41) is 27.1. The molecule has 0 bridgehead atoms. The van der Waals surface area contributed by atoms with E-state index in [1.54, 1.807) is 0 Å². The summed E-state index contributed by atoms with van der Waals surface area (Å²) in [6.07, 6.45) is -3.71. The number of hydrogen-bond donors (Lipinski definition) is 4. The molecule has 0 aromatic heterocycles. The number of aliphatic hydroxyl groups is 3. The average molecular weight is 210 g/mol. The molecule has 1 fully saturated rings. The highest BCUT2D eigenvalue weighted by Crippen LogP contribution is 2.24. The third-order valence-electron chi connectivity index (χ3n) is 2.08. The SMILES string of the molecule is CO[C@H]1OC(CO)[C@H](S)C(O)C1O. The second-order valence-electron chi connectivity index (χ2n) is 2.93. The fraction of sp³-hybridized carbons (Fsp3) is 1.00. The van der Waals surface area contributed by atoms with Crippen molar-refractivity contribution >= 4 is 12.6 Å². The van der Waals surface area contributed by atoms with Crippen LogP contribution in [-0.4, -0.2) is 58.9 Å². The van der Waals surface area contributed by atoms with Gasteiger partial charge in [0.25, 0.3) is 0 Å². The molecule has 1 aliphatic rings. The maximum absolute atomic E-state index is 9.45. The molecule has 0 spiro atoms. The number of ether oxygens (including phenoxy) is 2. The molecule has 1 saturated heterocycles. The van der Waals surface area contributed by atoms with E-state index < -0.39 is 29.9 Å². The molecule has 78 valence electrons. The van der Waals surface area contributed by atoms with Crippen molar-refractivity contribution in [1.82, 2.24) is 0 Å². The molecule has 5 atom stereocenters. The van der Waals surface area contributed by atoms with E-state index >= 15 is 0 Å². The molecule has 3 N–H and O–H groups in total. The van der Waals surface area contributed by atoms with Gasteiger partial charge in [-0.1, -0.05) is 0 Å². The van der Waals surface area contributed by atoms with Crippen molar-refractivity contribution in [3.05, 3.63) is 0 Å². The van der Waals surface area contributed by atoms with Crippen LogP contribution in [0.4, 0.5) is 0 Å². The summed E-state index contributed by atoms with van der Waals surface area (Å²) >= 11 is 4.02. The zero-order valence-corrected chi connectivity index (χ0v) is 8.09. The molecule has 1 aliphatic heterocycles. The van der Waals surface area contributed by atoms with Gasteiger partial charge in [0.05, 0.1) is 24.1 Å². The predicted octanol–water partition coefficient (Wildman–Crippen LogP) is -1.63. The van der Waals surface area contributed by atoms with E-state index in [1.807, 2.05) is 0 Å². The van der Waals surface area contributed by atoms with Crippen LogP contribution in [-0.2, 0) is 9.47 Å². The van der Waals surface area contributed by atoms with Gasteiger partial charge in [-0.3, -0.25) is 0 Å². The second kappa shape index (κ2) is 4.59. The van der Waals surface area contributed by atoms with E-state index in [9.17, 15) is 10.2 Å². The Labute approximate surface area is 81.7 Å². The summed E-state index contributed by atoms with van der Waals surface area (Å²) in [5.74, 6) is 0. The molecule has 3 unspecified atom stereocenters. The minimum atomic E-state index is -1.13. The van der Waals surface area contributed by atoms with Gasteiger partial charge in [-0.05, 0) is 0 Å². The lowest BCUT2D eigenvalue weighted by Gasteiger charge is -2.39. The minimum absolute atomic E-state index is 0.266. The van der Waals surface area contributed by atoms with Gasteiger partial charge in [-0.15, -0.1) is 0 Å². The van der Waals surface area contributed by atoms with Crippen molar-refractivity contribution in [3.8, 4) is 0 Å². The highest BCUT2D eigenvalue weighted by atomic mass is 32.1. The molecule has 13 heavy (non-hydrogen) atoms. The van der Waals surface area contributed by atoms with E-state index in [2.05, 4.69) is 12.6 Å². The molecule has 0 aliphatic carbocycles. The molecule has 1 heterocycles. The molecule has 1 rings (SSSR count). The summed E-state index contributed by atoms with van der Waals surface area (Å²) in [6.45, 7) is -0.266. The highest BCUT2D eigenvalue weighted by Gasteiger charge is 2.42. The Morgan fingerprint density at radius 3 is 2.46 bits per heavy atom. The van der Waals surface area contributed by atoms with Gasteiger partial charge in [0, 0.05) is 7.11 Å². The molecular formula is C7H14O5S. The van der Waals surface area contributed by atoms with Gasteiger partial charge in [-0.2, -0.15) is 12.6 Å². The van der Waals surface area contributed by atoms with Crippen molar-refractivity contribution in [2.45, 2.75) is 29.9 Å². The quantitative estimate of drug-likeness (QED) is 0.412. The van der Waals surface area contributed by atoms with Crippen LogP contribution < -0.4 is 0 Å². The number of rotatable bonds is 2. The third-order valence-corrected chi connectivity index (χ3v) is 2.72. The summed E-state index contributed by atoms with van der Waals surface area (Å²) in [5.41, 5.74) is 0. The molecule has 0 amide bonds. The largest absolute Gasteiger partial charge is 0.394 e. The van der Waals surface area contributed by atoms with Crippen LogP contribution in [0.1, 0.15) is 0 Å². The second-order valence-corrected chi connectivity index (χ2v) is 3.53. The van der Waals surface area contributed by atoms with Crippen molar-refractivity contribution in [1.29, 1.82) is 0 Å². The summed E-state index contributed by atoms with van der Waals surface area (Å²) < 4.78 is 9.90. The lowest BCUT2D eigenvalue weighted by atomic mass is 10.0. The summed E-state index contributed by atoms with van der Waals surface area (Å²) in [6, 6.07) is 0. The number of thiol groups is 1. The molecule has 0 radical (unpaired) electrons. The fourth-order valence-corrected chi connectivity index (χ4v) is 1.60. The fourth-order valence-electron chi connectivity index (χ4n) is 1.26. The van der Waals surface area contributed by atoms with Gasteiger partial charge < -0.3 is 24.8 Å². The first kappa shape index (κ1) is 11.2. The standard InChI is InChI=1S/C7H14O5S/c1-11-7-5(10)4(9)6(13)3(2-8)12-7/h3-10,13H,2H2,1H3/t3?,4?,5?,6-,7-/m0/s1. The maximum atomic E-state index is 9.45. The van der Waals surface area contributed by atoms with Crippen LogP contribution in [0.3, 0.4) is 0 Å². The molecule has 6 heteroatoms. The van der Waals surface area contributed by atoms with Crippen LogP contribution >= 0.6 is 12.6 Å². The first-order chi connectivity index (χ1) is 6.11. The van der Waals surface area contributed by atoms with Gasteiger partial charge >= 0.3 is 0 Å². The highest BCUT2D eigenvalue weighted by molar-refractivity contribution is 7.81. The zero-order chi connectivity index (χ0) is 10.0. The Kier molecular flexibility index (Phi) is 3.96. The molecular weight excluding hydrogens is 196 g/mol. The van der Waals surface area contributed by atoms with Gasteiger partial charge in [0.1, 0.15) is 6.10 Å². The van der Waals surface area contributed by atoms with Crippen molar-refractivity contribution in [2.24, 2.45) is 0 Å².